The average molecular weight is 307 g/mol. The predicted octanol–water partition coefficient (Wildman–Crippen LogP) is 4.25. The third-order valence-electron chi connectivity index (χ3n) is 3.86. The first-order valence-corrected chi connectivity index (χ1v) is 6.98. The van der Waals surface area contributed by atoms with Crippen molar-refractivity contribution in [3.63, 3.8) is 0 Å². The van der Waals surface area contributed by atoms with E-state index >= 15 is 0 Å². The third kappa shape index (κ3) is 3.58. The quantitative estimate of drug-likeness (QED) is 0.878. The van der Waals surface area contributed by atoms with Gasteiger partial charge < -0.3 is 10.2 Å². The summed E-state index contributed by atoms with van der Waals surface area (Å²) in [5, 5.41) is 3.48. The smallest absolute Gasteiger partial charge is 0.381 e. The van der Waals surface area contributed by atoms with Gasteiger partial charge in [0.2, 0.25) is 0 Å². The SMILES string of the molecule is CC1CC(Nc2cc(C(F)(F)F)ccc2Cl)CCN1C. The molecule has 2 rings (SSSR count). The van der Waals surface area contributed by atoms with Gasteiger partial charge in [-0.3, -0.25) is 0 Å². The zero-order chi connectivity index (χ0) is 14.9. The Labute approximate surface area is 121 Å². The lowest BCUT2D eigenvalue weighted by Crippen LogP contribution is -2.42. The van der Waals surface area contributed by atoms with Crippen LogP contribution in [0, 0.1) is 0 Å². The summed E-state index contributed by atoms with van der Waals surface area (Å²) >= 11 is 5.99. The Morgan fingerprint density at radius 1 is 1.35 bits per heavy atom. The number of likely N-dealkylation sites (tertiary alicyclic amines) is 1. The van der Waals surface area contributed by atoms with Gasteiger partial charge >= 0.3 is 6.18 Å². The van der Waals surface area contributed by atoms with Crippen LogP contribution in [0.1, 0.15) is 25.3 Å². The average Bonchev–Trinajstić information content (AvgIpc) is 2.35. The number of anilines is 1. The standard InChI is InChI=1S/C14H18ClF3N2/c1-9-7-11(5-6-20(9)2)19-13-8-10(14(16,17)18)3-4-12(13)15/h3-4,8-9,11,19H,5-7H2,1-2H3. The number of nitrogens with one attached hydrogen (secondary N) is 1. The van der Waals surface area contributed by atoms with Crippen molar-refractivity contribution in [3.05, 3.63) is 28.8 Å². The van der Waals surface area contributed by atoms with Crippen molar-refractivity contribution in [2.75, 3.05) is 18.9 Å². The van der Waals surface area contributed by atoms with E-state index in [1.54, 1.807) is 0 Å². The van der Waals surface area contributed by atoms with Crippen molar-refractivity contribution < 1.29 is 13.2 Å². The van der Waals surface area contributed by atoms with Gasteiger partial charge in [0.1, 0.15) is 0 Å². The summed E-state index contributed by atoms with van der Waals surface area (Å²) < 4.78 is 38.1. The maximum atomic E-state index is 12.7. The van der Waals surface area contributed by atoms with Crippen LogP contribution < -0.4 is 5.32 Å². The van der Waals surface area contributed by atoms with Crippen molar-refractivity contribution in [1.82, 2.24) is 4.90 Å². The molecule has 1 aliphatic heterocycles. The first-order valence-electron chi connectivity index (χ1n) is 6.61. The summed E-state index contributed by atoms with van der Waals surface area (Å²) in [6.45, 7) is 3.04. The van der Waals surface area contributed by atoms with Crippen LogP contribution in [0.5, 0.6) is 0 Å². The molecule has 0 radical (unpaired) electrons. The van der Waals surface area contributed by atoms with Crippen LogP contribution in [0.25, 0.3) is 0 Å². The zero-order valence-corrected chi connectivity index (χ0v) is 12.2. The Kier molecular flexibility index (Phi) is 4.49. The summed E-state index contributed by atoms with van der Waals surface area (Å²) in [5.74, 6) is 0. The molecule has 0 aromatic heterocycles. The molecule has 6 heteroatoms. The molecule has 0 saturated carbocycles. The molecule has 112 valence electrons. The van der Waals surface area contributed by atoms with Gasteiger partial charge in [0, 0.05) is 18.6 Å². The molecule has 2 unspecified atom stereocenters. The molecule has 1 fully saturated rings. The van der Waals surface area contributed by atoms with Crippen molar-refractivity contribution in [3.8, 4) is 0 Å². The Hall–Kier alpha value is -0.940. The molecule has 2 atom stereocenters. The highest BCUT2D eigenvalue weighted by molar-refractivity contribution is 6.33. The highest BCUT2D eigenvalue weighted by Crippen LogP contribution is 2.34. The summed E-state index contributed by atoms with van der Waals surface area (Å²) in [4.78, 5) is 2.24. The first-order chi connectivity index (χ1) is 9.27. The fraction of sp³-hybridized carbons (Fsp3) is 0.571. The second-order valence-electron chi connectivity index (χ2n) is 5.39. The van der Waals surface area contributed by atoms with E-state index in [1.165, 1.54) is 6.07 Å². The van der Waals surface area contributed by atoms with Crippen LogP contribution in [-0.4, -0.2) is 30.6 Å². The van der Waals surface area contributed by atoms with Gasteiger partial charge in [-0.25, -0.2) is 0 Å². The Bertz CT molecular complexity index is 476. The van der Waals surface area contributed by atoms with Gasteiger partial charge in [-0.05, 0) is 45.0 Å². The molecule has 1 heterocycles. The maximum absolute atomic E-state index is 12.7. The second-order valence-corrected chi connectivity index (χ2v) is 5.79. The highest BCUT2D eigenvalue weighted by atomic mass is 35.5. The first kappa shape index (κ1) is 15.4. The van der Waals surface area contributed by atoms with Crippen molar-refractivity contribution >= 4 is 17.3 Å². The summed E-state index contributed by atoms with van der Waals surface area (Å²) in [7, 11) is 2.05. The number of rotatable bonds is 2. The van der Waals surface area contributed by atoms with E-state index in [1.807, 2.05) is 0 Å². The van der Waals surface area contributed by atoms with Gasteiger partial charge in [-0.2, -0.15) is 13.2 Å². The lowest BCUT2D eigenvalue weighted by atomic mass is 9.98. The largest absolute Gasteiger partial charge is 0.416 e. The topological polar surface area (TPSA) is 15.3 Å². The number of hydrogen-bond donors (Lipinski definition) is 1. The van der Waals surface area contributed by atoms with E-state index in [-0.39, 0.29) is 6.04 Å². The molecular formula is C14H18ClF3N2. The Morgan fingerprint density at radius 2 is 2.05 bits per heavy atom. The highest BCUT2D eigenvalue weighted by Gasteiger charge is 2.31. The lowest BCUT2D eigenvalue weighted by Gasteiger charge is -2.36. The van der Waals surface area contributed by atoms with Crippen LogP contribution in [0.4, 0.5) is 18.9 Å². The lowest BCUT2D eigenvalue weighted by molar-refractivity contribution is -0.137. The number of halogens is 4. The molecule has 1 saturated heterocycles. The molecule has 20 heavy (non-hydrogen) atoms. The summed E-state index contributed by atoms with van der Waals surface area (Å²) in [6, 6.07) is 3.95. The Balaban J connectivity index is 2.13. The third-order valence-corrected chi connectivity index (χ3v) is 4.19. The number of piperidine rings is 1. The molecular weight excluding hydrogens is 289 g/mol. The molecule has 2 nitrogen and oxygen atoms in total. The van der Waals surface area contributed by atoms with Gasteiger partial charge in [-0.1, -0.05) is 11.6 Å². The van der Waals surface area contributed by atoms with Crippen LogP contribution in [0.3, 0.4) is 0 Å². The molecule has 0 amide bonds. The molecule has 0 spiro atoms. The number of nitrogens with zero attached hydrogens (tertiary/aromatic N) is 1. The van der Waals surface area contributed by atoms with Crippen LogP contribution in [-0.2, 0) is 6.18 Å². The van der Waals surface area contributed by atoms with Crippen LogP contribution in [0.15, 0.2) is 18.2 Å². The van der Waals surface area contributed by atoms with E-state index in [4.69, 9.17) is 11.6 Å². The minimum atomic E-state index is -4.35. The van der Waals surface area contributed by atoms with E-state index in [9.17, 15) is 13.2 Å². The minimum Gasteiger partial charge on any atom is -0.381 e. The number of alkyl halides is 3. The van der Waals surface area contributed by atoms with Crippen molar-refractivity contribution in [1.29, 1.82) is 0 Å². The maximum Gasteiger partial charge on any atom is 0.416 e. The molecule has 0 aliphatic carbocycles. The normalized spacial score (nSPS) is 24.7. The van der Waals surface area contributed by atoms with E-state index in [0.29, 0.717) is 16.8 Å². The van der Waals surface area contributed by atoms with E-state index in [2.05, 4.69) is 24.2 Å². The van der Waals surface area contributed by atoms with E-state index < -0.39 is 11.7 Å². The van der Waals surface area contributed by atoms with E-state index in [0.717, 1.165) is 31.5 Å². The molecule has 1 aromatic carbocycles. The monoisotopic (exact) mass is 306 g/mol. The van der Waals surface area contributed by atoms with Crippen LogP contribution >= 0.6 is 11.6 Å². The van der Waals surface area contributed by atoms with Crippen LogP contribution in [0.2, 0.25) is 5.02 Å². The zero-order valence-electron chi connectivity index (χ0n) is 11.5. The molecule has 1 aliphatic rings. The number of hydrogen-bond acceptors (Lipinski definition) is 2. The van der Waals surface area contributed by atoms with Gasteiger partial charge in [0.25, 0.3) is 0 Å². The number of benzene rings is 1. The fourth-order valence-corrected chi connectivity index (χ4v) is 2.62. The molecule has 0 bridgehead atoms. The Morgan fingerprint density at radius 3 is 2.65 bits per heavy atom. The minimum absolute atomic E-state index is 0.155. The second kappa shape index (κ2) is 5.82. The van der Waals surface area contributed by atoms with Crippen molar-refractivity contribution in [2.24, 2.45) is 0 Å². The fourth-order valence-electron chi connectivity index (χ4n) is 2.45. The summed E-state index contributed by atoms with van der Waals surface area (Å²) in [6.07, 6.45) is -2.56. The van der Waals surface area contributed by atoms with Gasteiger partial charge in [0.05, 0.1) is 16.3 Å². The molecule has 1 N–H and O–H groups in total. The van der Waals surface area contributed by atoms with Gasteiger partial charge in [-0.15, -0.1) is 0 Å². The summed E-state index contributed by atoms with van der Waals surface area (Å²) in [5.41, 5.74) is -0.311. The predicted molar refractivity (Wildman–Crippen MR) is 75.2 cm³/mol. The van der Waals surface area contributed by atoms with Gasteiger partial charge in [0.15, 0.2) is 0 Å². The van der Waals surface area contributed by atoms with Crippen molar-refractivity contribution in [2.45, 2.75) is 38.0 Å². The molecule has 1 aromatic rings.